The highest BCUT2D eigenvalue weighted by Gasteiger charge is 2.53. The van der Waals surface area contributed by atoms with Crippen molar-refractivity contribution in [2.75, 3.05) is 6.61 Å². The van der Waals surface area contributed by atoms with Crippen LogP contribution in [0.1, 0.15) is 39.6 Å². The van der Waals surface area contributed by atoms with E-state index in [-0.39, 0.29) is 12.2 Å². The smallest absolute Gasteiger partial charge is 0.303 e. The summed E-state index contributed by atoms with van der Waals surface area (Å²) >= 11 is 0. The molecule has 0 saturated carbocycles. The van der Waals surface area contributed by atoms with Gasteiger partial charge in [0.2, 0.25) is 0 Å². The molecule has 16 nitrogen and oxygen atoms in total. The number of esters is 4. The number of hydrogen-bond donors (Lipinski definition) is 0. The number of para-hydroxylation sites is 1. The minimum Gasteiger partial charge on any atom is -0.463 e. The normalized spacial score (nSPS) is 22.1. The number of benzene rings is 1. The maximum absolute atomic E-state index is 12.1. The molecular weight excluding hydrogens is 546 g/mol. The molecule has 16 heteroatoms. The summed E-state index contributed by atoms with van der Waals surface area (Å²) in [5, 5.41) is 20.2. The highest BCUT2D eigenvalue weighted by Crippen LogP contribution is 2.35. The van der Waals surface area contributed by atoms with E-state index in [0.717, 1.165) is 20.8 Å². The monoisotopic (exact) mass is 573 g/mol. The van der Waals surface area contributed by atoms with Gasteiger partial charge >= 0.3 is 23.9 Å². The zero-order valence-electron chi connectivity index (χ0n) is 22.5. The number of carbonyl (C=O) groups excluding carboxylic acids is 4. The number of carbonyl (C=O) groups is 4. The van der Waals surface area contributed by atoms with E-state index in [0.29, 0.717) is 16.6 Å². The maximum atomic E-state index is 12.1. The van der Waals surface area contributed by atoms with Gasteiger partial charge in [0.1, 0.15) is 18.4 Å². The van der Waals surface area contributed by atoms with Crippen molar-refractivity contribution in [1.29, 1.82) is 0 Å². The molecule has 0 unspecified atom stereocenters. The first-order valence-corrected chi connectivity index (χ1v) is 12.4. The van der Waals surface area contributed by atoms with Crippen molar-refractivity contribution < 1.29 is 47.8 Å². The predicted octanol–water partition coefficient (Wildman–Crippen LogP) is 1.44. The molecule has 0 amide bonds. The molecule has 1 saturated heterocycles. The fourth-order valence-electron chi connectivity index (χ4n) is 4.61. The number of rotatable bonds is 9. The largest absolute Gasteiger partial charge is 0.463 e. The number of fused-ring (bicyclic) bond motifs is 1. The summed E-state index contributed by atoms with van der Waals surface area (Å²) in [7, 11) is 0. The van der Waals surface area contributed by atoms with Crippen LogP contribution in [0.5, 0.6) is 0 Å². The lowest BCUT2D eigenvalue weighted by Gasteiger charge is -2.44. The molecule has 4 rings (SSSR count). The van der Waals surface area contributed by atoms with Crippen molar-refractivity contribution in [1.82, 2.24) is 19.6 Å². The Hall–Kier alpha value is -4.86. The standard InChI is InChI=1S/C25H27N5O11/c1-13(31)37-12-21-22(38-14(2)32)23(39-15(3)33)24(40-16(4)34)25(41-21)29-10-17(26-27-29)9-28-11-20(30(35)36)18-7-5-6-8-19(18)28/h5-8,10-11,21-25H,9,12H2,1-4H3/t21-,22-,23+,24-,25-/m1/s1. The molecule has 218 valence electrons. The first kappa shape index (κ1) is 29.1. The minimum atomic E-state index is -1.37. The second kappa shape index (κ2) is 12.1. The molecule has 1 aromatic carbocycles. The van der Waals surface area contributed by atoms with Crippen molar-refractivity contribution in [3.8, 4) is 0 Å². The van der Waals surface area contributed by atoms with Gasteiger partial charge in [-0.25, -0.2) is 4.68 Å². The van der Waals surface area contributed by atoms with Gasteiger partial charge in [0.25, 0.3) is 5.69 Å². The molecule has 1 aliphatic heterocycles. The fourth-order valence-corrected chi connectivity index (χ4v) is 4.61. The van der Waals surface area contributed by atoms with Gasteiger partial charge in [-0.3, -0.25) is 29.3 Å². The summed E-state index contributed by atoms with van der Waals surface area (Å²) in [6.45, 7) is 4.24. The lowest BCUT2D eigenvalue weighted by atomic mass is 9.97. The van der Waals surface area contributed by atoms with Crippen molar-refractivity contribution in [2.24, 2.45) is 0 Å². The molecule has 41 heavy (non-hydrogen) atoms. The molecule has 0 N–H and O–H groups in total. The van der Waals surface area contributed by atoms with E-state index in [2.05, 4.69) is 10.3 Å². The van der Waals surface area contributed by atoms with Crippen molar-refractivity contribution >= 4 is 40.5 Å². The molecule has 3 heterocycles. The van der Waals surface area contributed by atoms with Crippen LogP contribution in [0, 0.1) is 10.1 Å². The van der Waals surface area contributed by atoms with Gasteiger partial charge in [0.15, 0.2) is 24.5 Å². The van der Waals surface area contributed by atoms with Gasteiger partial charge in [-0.2, -0.15) is 0 Å². The van der Waals surface area contributed by atoms with Crippen LogP contribution in [-0.2, 0) is 49.4 Å². The van der Waals surface area contributed by atoms with E-state index >= 15 is 0 Å². The Bertz CT molecular complexity index is 1480. The number of aromatic nitrogens is 4. The zero-order valence-corrected chi connectivity index (χ0v) is 22.5. The number of ether oxygens (including phenoxy) is 5. The Labute approximate surface area is 232 Å². The summed E-state index contributed by atoms with van der Waals surface area (Å²) in [6, 6.07) is 6.81. The maximum Gasteiger partial charge on any atom is 0.303 e. The average Bonchev–Trinajstić information content (AvgIpc) is 3.50. The van der Waals surface area contributed by atoms with Crippen molar-refractivity contribution in [2.45, 2.75) is 64.9 Å². The molecule has 2 aromatic heterocycles. The molecule has 0 radical (unpaired) electrons. The molecule has 0 spiro atoms. The third-order valence-electron chi connectivity index (χ3n) is 6.08. The Morgan fingerprint density at radius 3 is 2.20 bits per heavy atom. The Morgan fingerprint density at radius 2 is 1.56 bits per heavy atom. The quantitative estimate of drug-likeness (QED) is 0.155. The summed E-state index contributed by atoms with van der Waals surface area (Å²) in [5.41, 5.74) is 0.877. The third-order valence-corrected chi connectivity index (χ3v) is 6.08. The number of nitrogens with zero attached hydrogens (tertiary/aromatic N) is 5. The molecule has 1 aliphatic rings. The topological polar surface area (TPSA) is 193 Å². The highest BCUT2D eigenvalue weighted by atomic mass is 16.7. The molecule has 0 bridgehead atoms. The minimum absolute atomic E-state index is 0.0763. The van der Waals surface area contributed by atoms with Gasteiger partial charge in [-0.1, -0.05) is 17.3 Å². The van der Waals surface area contributed by atoms with Crippen LogP contribution in [-0.4, -0.2) is 79.4 Å². The molecular formula is C25H27N5O11. The highest BCUT2D eigenvalue weighted by molar-refractivity contribution is 5.89. The fraction of sp³-hybridized carbons (Fsp3) is 0.440. The van der Waals surface area contributed by atoms with Crippen LogP contribution in [0.4, 0.5) is 5.69 Å². The number of nitro groups is 1. The van der Waals surface area contributed by atoms with Crippen LogP contribution in [0.2, 0.25) is 0 Å². The van der Waals surface area contributed by atoms with Gasteiger partial charge in [-0.05, 0) is 12.1 Å². The van der Waals surface area contributed by atoms with Crippen LogP contribution >= 0.6 is 0 Å². The lowest BCUT2D eigenvalue weighted by Crippen LogP contribution is -2.60. The SMILES string of the molecule is CC(=O)OC[C@H]1O[C@@H](n2cc(Cn3cc([N+](=O)[O-])c4ccccc43)nn2)[C@H](OC(C)=O)[C@@H](OC(C)=O)[C@@H]1OC(C)=O. The summed E-state index contributed by atoms with van der Waals surface area (Å²) in [6.07, 6.45) is -3.63. The van der Waals surface area contributed by atoms with Crippen LogP contribution < -0.4 is 0 Å². The average molecular weight is 574 g/mol. The van der Waals surface area contributed by atoms with E-state index in [1.54, 1.807) is 28.8 Å². The lowest BCUT2D eigenvalue weighted by molar-refractivity contribution is -0.383. The summed E-state index contributed by atoms with van der Waals surface area (Å²) in [5.74, 6) is -2.92. The Balaban J connectivity index is 1.71. The zero-order chi connectivity index (χ0) is 29.8. The van der Waals surface area contributed by atoms with Crippen LogP contribution in [0.3, 0.4) is 0 Å². The Kier molecular flexibility index (Phi) is 8.61. The van der Waals surface area contributed by atoms with E-state index in [1.165, 1.54) is 24.0 Å². The predicted molar refractivity (Wildman–Crippen MR) is 135 cm³/mol. The molecule has 5 atom stereocenters. The Morgan fingerprint density at radius 1 is 0.927 bits per heavy atom. The van der Waals surface area contributed by atoms with E-state index in [1.807, 2.05) is 0 Å². The second-order valence-electron chi connectivity index (χ2n) is 9.20. The van der Waals surface area contributed by atoms with Gasteiger partial charge < -0.3 is 28.3 Å². The first-order chi connectivity index (χ1) is 19.4. The summed E-state index contributed by atoms with van der Waals surface area (Å²) < 4.78 is 30.3. The van der Waals surface area contributed by atoms with Gasteiger partial charge in [-0.15, -0.1) is 5.10 Å². The van der Waals surface area contributed by atoms with Gasteiger partial charge in [0.05, 0.1) is 34.8 Å². The van der Waals surface area contributed by atoms with Crippen molar-refractivity contribution in [3.63, 3.8) is 0 Å². The van der Waals surface area contributed by atoms with E-state index < -0.39 is 66.1 Å². The first-order valence-electron chi connectivity index (χ1n) is 12.4. The van der Waals surface area contributed by atoms with Crippen LogP contribution in [0.15, 0.2) is 36.7 Å². The summed E-state index contributed by atoms with van der Waals surface area (Å²) in [4.78, 5) is 58.6. The van der Waals surface area contributed by atoms with E-state index in [9.17, 15) is 29.3 Å². The third kappa shape index (κ3) is 6.66. The molecule has 0 aliphatic carbocycles. The van der Waals surface area contributed by atoms with Gasteiger partial charge in [0, 0.05) is 27.7 Å². The van der Waals surface area contributed by atoms with Crippen LogP contribution in [0.25, 0.3) is 10.9 Å². The number of hydrogen-bond acceptors (Lipinski definition) is 13. The van der Waals surface area contributed by atoms with E-state index in [4.69, 9.17) is 23.7 Å². The molecule has 1 fully saturated rings. The van der Waals surface area contributed by atoms with Crippen molar-refractivity contribution in [3.05, 3.63) is 52.5 Å². The second-order valence-corrected chi connectivity index (χ2v) is 9.20. The molecule has 3 aromatic rings.